The zero-order valence-corrected chi connectivity index (χ0v) is 20.6. The normalized spacial score (nSPS) is 18.8. The summed E-state index contributed by atoms with van der Waals surface area (Å²) < 4.78 is 0. The number of nitrogens with two attached hydrogens (primary N) is 1. The van der Waals surface area contributed by atoms with Gasteiger partial charge in [-0.1, -0.05) is 0 Å². The van der Waals surface area contributed by atoms with Crippen LogP contribution in [0.3, 0.4) is 0 Å². The first-order valence-corrected chi connectivity index (χ1v) is 11.9. The highest BCUT2D eigenvalue weighted by atomic mass is 16.2. The van der Waals surface area contributed by atoms with E-state index in [9.17, 15) is 9.59 Å². The van der Waals surface area contributed by atoms with Crippen molar-refractivity contribution in [2.24, 2.45) is 5.73 Å². The second-order valence-corrected chi connectivity index (χ2v) is 9.24. The van der Waals surface area contributed by atoms with E-state index < -0.39 is 5.91 Å². The van der Waals surface area contributed by atoms with Crippen LogP contribution in [0, 0.1) is 0 Å². The number of carbonyl (C=O) groups is 2. The molecule has 3 amide bonds. The van der Waals surface area contributed by atoms with Crippen LogP contribution in [-0.4, -0.2) is 103 Å². The van der Waals surface area contributed by atoms with Crippen molar-refractivity contribution < 1.29 is 9.59 Å². The molecule has 35 heavy (non-hydrogen) atoms. The summed E-state index contributed by atoms with van der Waals surface area (Å²) in [6, 6.07) is 3.74. The molecular weight excluding hydrogens is 448 g/mol. The molecule has 2 aromatic heterocycles. The first kappa shape index (κ1) is 24.5. The molecule has 0 saturated carbocycles. The number of hydrogen-bond donors (Lipinski definition) is 3. The molecule has 0 aliphatic carbocycles. The summed E-state index contributed by atoms with van der Waals surface area (Å²) in [6.07, 6.45) is 5.15. The molecule has 4 rings (SSSR count). The van der Waals surface area contributed by atoms with Gasteiger partial charge in [-0.2, -0.15) is 0 Å². The first-order chi connectivity index (χ1) is 16.8. The molecule has 2 fully saturated rings. The molecule has 0 unspecified atom stereocenters. The summed E-state index contributed by atoms with van der Waals surface area (Å²) in [5.41, 5.74) is 6.66. The minimum atomic E-state index is -0.671. The predicted octanol–water partition coefficient (Wildman–Crippen LogP) is 0.706. The number of piperidine rings is 1. The summed E-state index contributed by atoms with van der Waals surface area (Å²) in [4.78, 5) is 45.7. The van der Waals surface area contributed by atoms with Crippen molar-refractivity contribution >= 4 is 35.1 Å². The van der Waals surface area contributed by atoms with Gasteiger partial charge in [0.25, 0.3) is 5.91 Å². The number of carbonyl (C=O) groups excluding carboxylic acids is 2. The number of nitrogens with one attached hydrogen (secondary N) is 2. The van der Waals surface area contributed by atoms with E-state index in [-0.39, 0.29) is 23.6 Å². The van der Waals surface area contributed by atoms with Gasteiger partial charge in [0.05, 0.1) is 18.1 Å². The lowest BCUT2D eigenvalue weighted by Gasteiger charge is -2.34. The number of hydrogen-bond acceptors (Lipinski definition) is 9. The SMILES string of the molecule is CN1CCN(c2ccc(Nc3nc(N4CCC[C@@H](NC(=O)N(C)C)C4)cnc3C(N)=O)nc2)CC1. The van der Waals surface area contributed by atoms with Gasteiger partial charge in [0, 0.05) is 59.4 Å². The second-order valence-electron chi connectivity index (χ2n) is 9.24. The van der Waals surface area contributed by atoms with E-state index in [2.05, 4.69) is 47.3 Å². The Morgan fingerprint density at radius 3 is 2.49 bits per heavy atom. The van der Waals surface area contributed by atoms with E-state index >= 15 is 0 Å². The number of aromatic nitrogens is 3. The molecule has 4 heterocycles. The Morgan fingerprint density at radius 1 is 1.06 bits per heavy atom. The third-order valence-corrected chi connectivity index (χ3v) is 6.34. The maximum Gasteiger partial charge on any atom is 0.317 e. The molecule has 2 aliphatic heterocycles. The Balaban J connectivity index is 1.48. The second kappa shape index (κ2) is 10.7. The highest BCUT2D eigenvalue weighted by Gasteiger charge is 2.24. The van der Waals surface area contributed by atoms with Crippen LogP contribution in [0.25, 0.3) is 0 Å². The quantitative estimate of drug-likeness (QED) is 0.544. The molecule has 0 radical (unpaired) electrons. The molecule has 2 aliphatic rings. The minimum absolute atomic E-state index is 0.00328. The van der Waals surface area contributed by atoms with E-state index in [1.165, 1.54) is 4.90 Å². The summed E-state index contributed by atoms with van der Waals surface area (Å²) in [6.45, 7) is 5.31. The number of nitrogens with zero attached hydrogens (tertiary/aromatic N) is 7. The van der Waals surface area contributed by atoms with Crippen molar-refractivity contribution in [3.05, 3.63) is 30.2 Å². The highest BCUT2D eigenvalue weighted by Crippen LogP contribution is 2.24. The topological polar surface area (TPSA) is 136 Å². The van der Waals surface area contributed by atoms with Crippen molar-refractivity contribution in [3.63, 3.8) is 0 Å². The van der Waals surface area contributed by atoms with Gasteiger partial charge >= 0.3 is 6.03 Å². The fourth-order valence-corrected chi connectivity index (χ4v) is 4.24. The van der Waals surface area contributed by atoms with Crippen LogP contribution in [0.2, 0.25) is 0 Å². The van der Waals surface area contributed by atoms with Gasteiger partial charge in [-0.25, -0.2) is 19.7 Å². The largest absolute Gasteiger partial charge is 0.368 e. The summed E-state index contributed by atoms with van der Waals surface area (Å²) in [5.74, 6) is 0.742. The molecule has 12 heteroatoms. The molecule has 12 nitrogen and oxygen atoms in total. The van der Waals surface area contributed by atoms with Crippen LogP contribution in [0.4, 0.5) is 27.9 Å². The van der Waals surface area contributed by atoms with Crippen LogP contribution < -0.4 is 26.2 Å². The molecule has 2 saturated heterocycles. The molecule has 2 aromatic rings. The Kier molecular flexibility index (Phi) is 7.49. The van der Waals surface area contributed by atoms with Crippen molar-refractivity contribution in [2.75, 3.05) is 75.5 Å². The third-order valence-electron chi connectivity index (χ3n) is 6.34. The van der Waals surface area contributed by atoms with Crippen LogP contribution in [0.1, 0.15) is 23.3 Å². The van der Waals surface area contributed by atoms with Crippen LogP contribution in [-0.2, 0) is 0 Å². The van der Waals surface area contributed by atoms with E-state index in [4.69, 9.17) is 5.73 Å². The number of piperazine rings is 1. The Labute approximate surface area is 205 Å². The van der Waals surface area contributed by atoms with Gasteiger partial charge in [0.15, 0.2) is 11.5 Å². The van der Waals surface area contributed by atoms with E-state index in [0.717, 1.165) is 51.3 Å². The van der Waals surface area contributed by atoms with Gasteiger partial charge in [-0.05, 0) is 32.0 Å². The van der Waals surface area contributed by atoms with E-state index in [1.54, 1.807) is 20.3 Å². The molecule has 1 atom stereocenters. The molecule has 0 spiro atoms. The zero-order chi connectivity index (χ0) is 24.9. The molecule has 4 N–H and O–H groups in total. The lowest BCUT2D eigenvalue weighted by atomic mass is 10.1. The Morgan fingerprint density at radius 2 is 1.83 bits per heavy atom. The average molecular weight is 483 g/mol. The number of anilines is 4. The van der Waals surface area contributed by atoms with Crippen molar-refractivity contribution in [1.82, 2.24) is 30.1 Å². The maximum atomic E-state index is 12.1. The van der Waals surface area contributed by atoms with E-state index in [0.29, 0.717) is 18.2 Å². The van der Waals surface area contributed by atoms with E-state index in [1.807, 2.05) is 18.3 Å². The number of urea groups is 1. The van der Waals surface area contributed by atoms with Gasteiger partial charge in [-0.3, -0.25) is 4.79 Å². The number of likely N-dealkylation sites (N-methyl/N-ethyl adjacent to an activating group) is 1. The summed E-state index contributed by atoms with van der Waals surface area (Å²) in [7, 11) is 5.55. The Hall–Kier alpha value is -3.67. The zero-order valence-electron chi connectivity index (χ0n) is 20.6. The fraction of sp³-hybridized carbons (Fsp3) is 0.522. The van der Waals surface area contributed by atoms with Gasteiger partial charge < -0.3 is 36.0 Å². The van der Waals surface area contributed by atoms with Crippen molar-refractivity contribution in [3.8, 4) is 0 Å². The monoisotopic (exact) mass is 482 g/mol. The number of primary amides is 1. The molecule has 0 aromatic carbocycles. The van der Waals surface area contributed by atoms with Crippen LogP contribution in [0.15, 0.2) is 24.5 Å². The predicted molar refractivity (Wildman–Crippen MR) is 135 cm³/mol. The fourth-order valence-electron chi connectivity index (χ4n) is 4.24. The van der Waals surface area contributed by atoms with Gasteiger partial charge in [0.2, 0.25) is 0 Å². The van der Waals surface area contributed by atoms with Crippen LogP contribution >= 0.6 is 0 Å². The van der Waals surface area contributed by atoms with Crippen molar-refractivity contribution in [1.29, 1.82) is 0 Å². The molecular formula is C23H34N10O2. The summed E-state index contributed by atoms with van der Waals surface area (Å²) in [5, 5.41) is 6.14. The minimum Gasteiger partial charge on any atom is -0.368 e. The maximum absolute atomic E-state index is 12.1. The third kappa shape index (κ3) is 6.07. The summed E-state index contributed by atoms with van der Waals surface area (Å²) >= 11 is 0. The highest BCUT2D eigenvalue weighted by molar-refractivity contribution is 5.96. The van der Waals surface area contributed by atoms with Crippen molar-refractivity contribution in [2.45, 2.75) is 18.9 Å². The first-order valence-electron chi connectivity index (χ1n) is 11.9. The van der Waals surface area contributed by atoms with Gasteiger partial charge in [-0.15, -0.1) is 0 Å². The van der Waals surface area contributed by atoms with Gasteiger partial charge in [0.1, 0.15) is 11.6 Å². The standard InChI is InChI=1S/C23H34N10O2/c1-30(2)23(35)27-16-5-4-8-33(15-16)19-14-26-20(21(24)34)22(29-19)28-18-7-6-17(13-25-18)32-11-9-31(3)10-12-32/h6-7,13-14,16H,4-5,8-12,15H2,1-3H3,(H2,24,34)(H,27,35)(H,25,28,29)/t16-/m1/s1. The number of amides is 3. The number of pyridine rings is 1. The lowest BCUT2D eigenvalue weighted by molar-refractivity contribution is 0.0996. The van der Waals surface area contributed by atoms with Crippen LogP contribution in [0.5, 0.6) is 0 Å². The smallest absolute Gasteiger partial charge is 0.317 e. The lowest BCUT2D eigenvalue weighted by Crippen LogP contribution is -2.50. The number of rotatable bonds is 6. The average Bonchev–Trinajstić information content (AvgIpc) is 2.85. The Bertz CT molecular complexity index is 1040. The molecule has 188 valence electrons. The molecule has 0 bridgehead atoms.